The Bertz CT molecular complexity index is 704. The smallest absolute Gasteiger partial charge is 0.253 e. The first-order valence-electron chi connectivity index (χ1n) is 9.56. The molecule has 0 spiro atoms. The Hall–Kier alpha value is -1.44. The van der Waals surface area contributed by atoms with Crippen molar-refractivity contribution in [3.05, 3.63) is 29.8 Å². The van der Waals surface area contributed by atoms with Gasteiger partial charge in [-0.05, 0) is 75.9 Å². The molecular weight excluding hydrogens is 350 g/mol. The van der Waals surface area contributed by atoms with Crippen molar-refractivity contribution < 1.29 is 13.2 Å². The van der Waals surface area contributed by atoms with E-state index in [4.69, 9.17) is 0 Å². The average Bonchev–Trinajstić information content (AvgIpc) is 3.22. The molecule has 0 atom stereocenters. The minimum absolute atomic E-state index is 0.00202. The van der Waals surface area contributed by atoms with Crippen LogP contribution in [-0.2, 0) is 10.0 Å². The first-order chi connectivity index (χ1) is 12.5. The number of likely N-dealkylation sites (tertiary alicyclic amines) is 1. The third-order valence-electron chi connectivity index (χ3n) is 5.51. The molecule has 0 saturated carbocycles. The molecule has 1 aromatic rings. The molecule has 1 amide bonds. The van der Waals surface area contributed by atoms with Crippen LogP contribution in [0.5, 0.6) is 0 Å². The van der Waals surface area contributed by atoms with Gasteiger partial charge >= 0.3 is 0 Å². The van der Waals surface area contributed by atoms with Gasteiger partial charge in [-0.25, -0.2) is 8.42 Å². The lowest BCUT2D eigenvalue weighted by molar-refractivity contribution is 0.0687. The number of sulfonamides is 1. The van der Waals surface area contributed by atoms with Gasteiger partial charge in [0.1, 0.15) is 0 Å². The summed E-state index contributed by atoms with van der Waals surface area (Å²) in [6.45, 7) is 3.75. The molecule has 2 aliphatic rings. The molecule has 2 fully saturated rings. The molecule has 1 aromatic carbocycles. The van der Waals surface area contributed by atoms with Crippen molar-refractivity contribution in [2.24, 2.45) is 5.92 Å². The van der Waals surface area contributed by atoms with Crippen LogP contribution in [0.1, 0.15) is 42.5 Å². The lowest BCUT2D eigenvalue weighted by Crippen LogP contribution is -2.39. The summed E-state index contributed by atoms with van der Waals surface area (Å²) in [5, 5.41) is 3.18. The highest BCUT2D eigenvalue weighted by Crippen LogP contribution is 2.24. The fourth-order valence-electron chi connectivity index (χ4n) is 3.80. The van der Waals surface area contributed by atoms with Crippen LogP contribution < -0.4 is 5.32 Å². The zero-order valence-corrected chi connectivity index (χ0v) is 16.3. The maximum Gasteiger partial charge on any atom is 0.253 e. The van der Waals surface area contributed by atoms with E-state index in [1.807, 2.05) is 11.9 Å². The number of nitrogens with zero attached hydrogens (tertiary/aromatic N) is 2. The van der Waals surface area contributed by atoms with Crippen LogP contribution in [0.15, 0.2) is 29.2 Å². The number of carbonyl (C=O) groups is 1. The number of amides is 1. The largest absolute Gasteiger partial charge is 0.339 e. The van der Waals surface area contributed by atoms with Crippen molar-refractivity contribution in [2.45, 2.75) is 37.0 Å². The molecule has 144 valence electrons. The maximum absolute atomic E-state index is 12.7. The number of carbonyl (C=O) groups excluding carboxylic acids is 1. The minimum Gasteiger partial charge on any atom is -0.339 e. The molecule has 1 N–H and O–H groups in total. The highest BCUT2D eigenvalue weighted by molar-refractivity contribution is 7.89. The van der Waals surface area contributed by atoms with Crippen molar-refractivity contribution in [1.82, 2.24) is 14.5 Å². The van der Waals surface area contributed by atoms with Gasteiger partial charge < -0.3 is 10.2 Å². The third-order valence-corrected chi connectivity index (χ3v) is 7.42. The Balaban J connectivity index is 1.61. The van der Waals surface area contributed by atoms with E-state index in [1.54, 1.807) is 24.3 Å². The number of hydrogen-bond donors (Lipinski definition) is 1. The Kier molecular flexibility index (Phi) is 6.32. The molecule has 3 rings (SSSR count). The molecule has 0 radical (unpaired) electrons. The summed E-state index contributed by atoms with van der Waals surface area (Å²) in [5.41, 5.74) is 0.569. The van der Waals surface area contributed by atoms with Gasteiger partial charge in [0.05, 0.1) is 4.90 Å². The fraction of sp³-hybridized carbons (Fsp3) is 0.632. The van der Waals surface area contributed by atoms with E-state index < -0.39 is 10.0 Å². The Labute approximate surface area is 156 Å². The van der Waals surface area contributed by atoms with E-state index in [9.17, 15) is 13.2 Å². The molecular formula is C19H29N3O3S. The molecule has 26 heavy (non-hydrogen) atoms. The normalized spacial score (nSPS) is 19.8. The molecule has 7 heteroatoms. The summed E-state index contributed by atoms with van der Waals surface area (Å²) >= 11 is 0. The van der Waals surface area contributed by atoms with Gasteiger partial charge in [0, 0.05) is 31.7 Å². The van der Waals surface area contributed by atoms with E-state index in [-0.39, 0.29) is 10.8 Å². The Morgan fingerprint density at radius 3 is 2.27 bits per heavy atom. The predicted octanol–water partition coefficient (Wildman–Crippen LogP) is 1.93. The Morgan fingerprint density at radius 2 is 1.69 bits per heavy atom. The van der Waals surface area contributed by atoms with Gasteiger partial charge in [0.2, 0.25) is 10.0 Å². The SMILES string of the molecule is CNCCC1CCN(C(=O)c2ccc(S(=O)(=O)N3CCCC3)cc2)CC1. The minimum atomic E-state index is -3.42. The molecule has 2 heterocycles. The Morgan fingerprint density at radius 1 is 1.08 bits per heavy atom. The number of nitrogens with one attached hydrogen (secondary N) is 1. The van der Waals surface area contributed by atoms with Crippen molar-refractivity contribution >= 4 is 15.9 Å². The summed E-state index contributed by atoms with van der Waals surface area (Å²) in [4.78, 5) is 14.9. The molecule has 0 aliphatic carbocycles. The van der Waals surface area contributed by atoms with Crippen LogP contribution in [0.4, 0.5) is 0 Å². The molecule has 0 unspecified atom stereocenters. The molecule has 2 aliphatic heterocycles. The average molecular weight is 380 g/mol. The third kappa shape index (κ3) is 4.27. The monoisotopic (exact) mass is 379 g/mol. The van der Waals surface area contributed by atoms with Crippen molar-refractivity contribution in [1.29, 1.82) is 0 Å². The number of hydrogen-bond acceptors (Lipinski definition) is 4. The van der Waals surface area contributed by atoms with Crippen molar-refractivity contribution in [3.63, 3.8) is 0 Å². The van der Waals surface area contributed by atoms with Crippen molar-refractivity contribution in [2.75, 3.05) is 39.8 Å². The van der Waals surface area contributed by atoms with Gasteiger partial charge in [-0.15, -0.1) is 0 Å². The molecule has 0 aromatic heterocycles. The van der Waals surface area contributed by atoms with E-state index >= 15 is 0 Å². The zero-order chi connectivity index (χ0) is 18.6. The van der Waals surface area contributed by atoms with Crippen LogP contribution >= 0.6 is 0 Å². The van der Waals surface area contributed by atoms with Gasteiger partial charge in [-0.3, -0.25) is 4.79 Å². The zero-order valence-electron chi connectivity index (χ0n) is 15.5. The summed E-state index contributed by atoms with van der Waals surface area (Å²) in [6.07, 6.45) is 5.06. The highest BCUT2D eigenvalue weighted by Gasteiger charge is 2.28. The lowest BCUT2D eigenvalue weighted by Gasteiger charge is -2.32. The van der Waals surface area contributed by atoms with Crippen molar-refractivity contribution in [3.8, 4) is 0 Å². The maximum atomic E-state index is 12.7. The first kappa shape index (κ1) is 19.3. The standard InChI is InChI=1S/C19H29N3O3S/c1-20-11-8-16-9-14-21(15-10-16)19(23)17-4-6-18(7-5-17)26(24,25)22-12-2-3-13-22/h4-7,16,20H,2-3,8-15H2,1H3. The summed E-state index contributed by atoms with van der Waals surface area (Å²) < 4.78 is 26.7. The second kappa shape index (κ2) is 8.50. The quantitative estimate of drug-likeness (QED) is 0.820. The van der Waals surface area contributed by atoms with Gasteiger partial charge in [0.25, 0.3) is 5.91 Å². The van der Waals surface area contributed by atoms with Crippen LogP contribution in [-0.4, -0.2) is 63.3 Å². The number of rotatable bonds is 6. The topological polar surface area (TPSA) is 69.7 Å². The van der Waals surface area contributed by atoms with Crippen LogP contribution in [0.25, 0.3) is 0 Å². The molecule has 2 saturated heterocycles. The fourth-order valence-corrected chi connectivity index (χ4v) is 5.32. The summed E-state index contributed by atoms with van der Waals surface area (Å²) in [5.74, 6) is 0.682. The van der Waals surface area contributed by atoms with Crippen LogP contribution in [0, 0.1) is 5.92 Å². The molecule has 0 bridgehead atoms. The van der Waals surface area contributed by atoms with E-state index in [1.165, 1.54) is 4.31 Å². The summed E-state index contributed by atoms with van der Waals surface area (Å²) in [7, 11) is -1.46. The van der Waals surface area contributed by atoms with Gasteiger partial charge in [-0.2, -0.15) is 4.31 Å². The number of piperidine rings is 1. The van der Waals surface area contributed by atoms with E-state index in [0.717, 1.165) is 51.7 Å². The van der Waals surface area contributed by atoms with Crippen LogP contribution in [0.2, 0.25) is 0 Å². The molecule has 6 nitrogen and oxygen atoms in total. The van der Waals surface area contributed by atoms with Crippen LogP contribution in [0.3, 0.4) is 0 Å². The summed E-state index contributed by atoms with van der Waals surface area (Å²) in [6, 6.07) is 6.44. The van der Waals surface area contributed by atoms with E-state index in [2.05, 4.69) is 5.32 Å². The second-order valence-electron chi connectivity index (χ2n) is 7.26. The highest BCUT2D eigenvalue weighted by atomic mass is 32.2. The predicted molar refractivity (Wildman–Crippen MR) is 102 cm³/mol. The first-order valence-corrected chi connectivity index (χ1v) is 11.0. The van der Waals surface area contributed by atoms with Gasteiger partial charge in [-0.1, -0.05) is 0 Å². The number of benzene rings is 1. The van der Waals surface area contributed by atoms with E-state index in [0.29, 0.717) is 24.6 Å². The second-order valence-corrected chi connectivity index (χ2v) is 9.20. The lowest BCUT2D eigenvalue weighted by atomic mass is 9.93. The van der Waals surface area contributed by atoms with Gasteiger partial charge in [0.15, 0.2) is 0 Å².